The first kappa shape index (κ1) is 20.1. The highest BCUT2D eigenvalue weighted by Crippen LogP contribution is 2.25. The number of amides is 1. The first-order chi connectivity index (χ1) is 15.9. The Bertz CT molecular complexity index is 1220. The molecule has 0 atom stereocenters. The van der Waals surface area contributed by atoms with Gasteiger partial charge in [0.15, 0.2) is 11.7 Å². The summed E-state index contributed by atoms with van der Waals surface area (Å²) in [6.07, 6.45) is 0. The minimum atomic E-state index is -0.249. The van der Waals surface area contributed by atoms with E-state index in [0.29, 0.717) is 17.0 Å². The summed E-state index contributed by atoms with van der Waals surface area (Å²) in [5.74, 6) is 0.798. The summed E-state index contributed by atoms with van der Waals surface area (Å²) < 4.78 is 13.5. The van der Waals surface area contributed by atoms with E-state index in [1.54, 1.807) is 55.0 Å². The molecular weight excluding hydrogens is 425 g/mol. The molecule has 0 bridgehead atoms. The van der Waals surface area contributed by atoms with E-state index in [1.807, 2.05) is 18.2 Å². The fourth-order valence-electron chi connectivity index (χ4n) is 2.84. The Balaban J connectivity index is 0.000000709. The smallest absolute Gasteiger partial charge is 0.293 e. The second kappa shape index (κ2) is 11.0. The van der Waals surface area contributed by atoms with E-state index in [0.717, 1.165) is 27.5 Å². The van der Waals surface area contributed by atoms with E-state index in [4.69, 9.17) is 2.77 Å². The van der Waals surface area contributed by atoms with Crippen LogP contribution in [0.25, 0.3) is 11.0 Å². The van der Waals surface area contributed by atoms with Crippen molar-refractivity contribution in [1.82, 2.24) is 9.97 Å². The van der Waals surface area contributed by atoms with Gasteiger partial charge in [0.05, 0.1) is 16.7 Å². The lowest BCUT2D eigenvalue weighted by Gasteiger charge is -2.07. The number of para-hydroxylation sites is 2. The lowest BCUT2D eigenvalue weighted by atomic mass is 10.1. The Morgan fingerprint density at radius 3 is 2.77 bits per heavy atom. The number of aromatic amines is 1. The normalized spacial score (nSPS) is 11.1. The zero-order valence-corrected chi connectivity index (χ0v) is 19.0. The predicted molar refractivity (Wildman–Crippen MR) is 135 cm³/mol. The van der Waals surface area contributed by atoms with Crippen LogP contribution in [0.2, 0.25) is 6.82 Å². The van der Waals surface area contributed by atoms with Gasteiger partial charge in [0.1, 0.15) is 5.75 Å². The number of anilines is 1. The molecule has 4 rings (SSSR count). The number of hydrogen-bond acceptors (Lipinski definition) is 5. The van der Waals surface area contributed by atoms with Crippen molar-refractivity contribution in [2.75, 3.05) is 5.32 Å². The Morgan fingerprint density at radius 2 is 2.03 bits per heavy atom. The van der Waals surface area contributed by atoms with Crippen LogP contribution in [0.15, 0.2) is 71.9 Å². The molecule has 31 heavy (non-hydrogen) atoms. The molecule has 5 nitrogen and oxygen atoms in total. The number of aromatic hydroxyl groups is 1. The van der Waals surface area contributed by atoms with Crippen LogP contribution in [0.3, 0.4) is 0 Å². The number of nitrogens with one attached hydrogen (secondary N) is 2. The van der Waals surface area contributed by atoms with Crippen molar-refractivity contribution in [3.05, 3.63) is 83.4 Å². The number of H-pyrrole nitrogens is 1. The van der Waals surface area contributed by atoms with Crippen molar-refractivity contribution < 1.29 is 9.90 Å². The van der Waals surface area contributed by atoms with E-state index < -0.39 is 0 Å². The monoisotopic (exact) mass is 452 g/mol. The summed E-state index contributed by atoms with van der Waals surface area (Å²) in [5, 5.41) is 8.17. The molecule has 0 radical (unpaired) electrons. The van der Waals surface area contributed by atoms with Gasteiger partial charge in [-0.05, 0) is 55.8 Å². The molecule has 0 aliphatic carbocycles. The number of rotatable bonds is 6. The number of phenols is 1. The van der Waals surface area contributed by atoms with Gasteiger partial charge in [0.2, 0.25) is 0 Å². The molecule has 0 saturated heterocycles. The van der Waals surface area contributed by atoms with Crippen LogP contribution in [0.5, 0.6) is 5.75 Å². The molecule has 0 aliphatic heterocycles. The van der Waals surface area contributed by atoms with Crippen LogP contribution in [-0.4, -0.2) is 30.3 Å². The van der Waals surface area contributed by atoms with Gasteiger partial charge in [-0.3, -0.25) is 4.79 Å². The molecule has 3 N–H and O–H groups in total. The molecule has 1 heterocycles. The van der Waals surface area contributed by atoms with Crippen molar-refractivity contribution in [2.45, 2.75) is 24.7 Å². The van der Waals surface area contributed by atoms with E-state index in [1.165, 1.54) is 5.56 Å². The Kier molecular flexibility index (Phi) is 7.11. The number of nitrogens with zero attached hydrogens (tertiary/aromatic N) is 1. The quantitative estimate of drug-likeness (QED) is 0.136. The molecule has 0 aliphatic rings. The van der Waals surface area contributed by atoms with Crippen LogP contribution < -0.4 is 5.32 Å². The van der Waals surface area contributed by atoms with Gasteiger partial charge in [-0.2, -0.15) is 0 Å². The molecule has 3 aromatic carbocycles. The Morgan fingerprint density at radius 1 is 1.29 bits per heavy atom. The van der Waals surface area contributed by atoms with Crippen LogP contribution in [0.4, 0.5) is 5.69 Å². The fourth-order valence-corrected chi connectivity index (χ4v) is 3.68. The lowest BCUT2D eigenvalue weighted by Crippen LogP contribution is -2.11. The summed E-state index contributed by atoms with van der Waals surface area (Å²) in [6, 6.07) is 20.4. The summed E-state index contributed by atoms with van der Waals surface area (Å²) in [4.78, 5) is 20.4. The number of benzene rings is 3. The number of thioether (sulfide) groups is 1. The highest BCUT2D eigenvalue weighted by atomic mass is 32.2. The third-order valence-electron chi connectivity index (χ3n) is 4.34. The third-order valence-corrected chi connectivity index (χ3v) is 5.29. The Labute approximate surface area is 195 Å². The third kappa shape index (κ3) is 6.32. The van der Waals surface area contributed by atoms with Crippen LogP contribution in [0, 0.1) is 6.92 Å². The number of carbonyl (C=O) groups excluding carboxylic acids is 1. The maximum absolute atomic E-state index is 12.5. The van der Waals surface area contributed by atoms with Crippen molar-refractivity contribution in [3.63, 3.8) is 0 Å². The van der Waals surface area contributed by atoms with E-state index in [-0.39, 0.29) is 12.4 Å². The number of thiol groups is 1. The van der Waals surface area contributed by atoms with Gasteiger partial charge in [0.25, 0.3) is 7.34 Å². The van der Waals surface area contributed by atoms with Gasteiger partial charge in [-0.1, -0.05) is 48.9 Å². The average Bonchev–Trinajstić information content (AvgIpc) is 3.20. The first-order valence-corrected chi connectivity index (χ1v) is 11.2. The molecule has 1 aromatic heterocycles. The summed E-state index contributed by atoms with van der Waals surface area (Å²) in [5.41, 5.74) is 5.30. The lowest BCUT2D eigenvalue weighted by molar-refractivity contribution is 0.102. The van der Waals surface area contributed by atoms with Gasteiger partial charge in [-0.25, -0.2) is 17.5 Å². The molecule has 1 amide bonds. The van der Waals surface area contributed by atoms with Gasteiger partial charge >= 0.3 is 0 Å². The molecule has 0 spiro atoms. The van der Waals surface area contributed by atoms with Gasteiger partial charge in [-0.15, -0.1) is 0 Å². The minimum Gasteiger partial charge on any atom is -0.506 e. The van der Waals surface area contributed by atoms with E-state index in [9.17, 15) is 4.79 Å². The molecule has 158 valence electrons. The standard InChI is InChI=1S/C22H19N3O2S.CH5BS/c1-14-6-11-17-19(12-14)25-22(24-17)28-13-15-7-9-16(10-8-15)21(27)23-18-4-2-3-5-20(18)26;1-2-3/h2-12,26H,13H2,1H3,(H,23,27)(H,24,25);2-3H,1H3/i;2D/hT. The van der Waals surface area contributed by atoms with Crippen LogP contribution in [0.1, 0.15) is 21.5 Å². The molecular formula is C23H24BN3O2S2. The van der Waals surface area contributed by atoms with Gasteiger partial charge in [0, 0.05) is 11.3 Å². The van der Waals surface area contributed by atoms with Crippen LogP contribution >= 0.6 is 24.2 Å². The summed E-state index contributed by atoms with van der Waals surface area (Å²) in [6.45, 7) is 3.53. The number of fused-ring (bicyclic) bond motifs is 1. The molecule has 0 unspecified atom stereocenters. The van der Waals surface area contributed by atoms with Crippen molar-refractivity contribution in [3.8, 4) is 5.75 Å². The van der Waals surface area contributed by atoms with Gasteiger partial charge < -0.3 is 15.4 Å². The summed E-state index contributed by atoms with van der Waals surface area (Å²) >= 11 is 5.26. The fraction of sp³-hybridized carbons (Fsp3) is 0.130. The number of carbonyl (C=O) groups is 1. The number of hydrogen-bond donors (Lipinski definition) is 4. The second-order valence-electron chi connectivity index (χ2n) is 6.76. The highest BCUT2D eigenvalue weighted by molar-refractivity contribution is 8.06. The SMILES string of the molecule is [2H]B(C)S.[3H]Oc1ccccc1NC(=O)c1ccc(CSc2nc3ccc(C)cc3[nH]2)cc1. The largest absolute Gasteiger partial charge is 0.506 e. The topological polar surface area (TPSA) is 78.0 Å². The van der Waals surface area contributed by atoms with E-state index >= 15 is 0 Å². The highest BCUT2D eigenvalue weighted by Gasteiger charge is 2.09. The van der Waals surface area contributed by atoms with Crippen molar-refractivity contribution in [1.29, 1.82) is 2.77 Å². The first-order valence-electron chi connectivity index (χ1n) is 10.7. The number of aryl methyl sites for hydroxylation is 1. The zero-order chi connectivity index (χ0) is 23.8. The molecule has 8 heteroatoms. The molecule has 4 aromatic rings. The maximum atomic E-state index is 12.5. The van der Waals surface area contributed by atoms with Crippen molar-refractivity contribution in [2.24, 2.45) is 0 Å². The number of imidazole rings is 1. The molecule has 0 fully saturated rings. The Hall–Kier alpha value is -2.84. The minimum absolute atomic E-state index is 0.222. The average molecular weight is 452 g/mol. The van der Waals surface area contributed by atoms with Crippen LogP contribution in [-0.2, 0) is 5.75 Å². The predicted octanol–water partition coefficient (Wildman–Crippen LogP) is 5.44. The van der Waals surface area contributed by atoms with Crippen molar-refractivity contribution >= 4 is 53.4 Å². The number of aromatic nitrogens is 2. The molecule has 0 saturated carbocycles. The van der Waals surface area contributed by atoms with E-state index in [2.05, 4.69) is 51.9 Å². The maximum Gasteiger partial charge on any atom is 0.293 e. The number of phenolic OH excluding ortho intramolecular Hbond substituents is 1. The zero-order valence-electron chi connectivity index (χ0n) is 19.3. The summed E-state index contributed by atoms with van der Waals surface area (Å²) in [7, 11) is 0. The second-order valence-corrected chi connectivity index (χ2v) is 8.24.